The molecule has 0 aliphatic rings. The molecule has 9 nitrogen and oxygen atoms in total. The summed E-state index contributed by atoms with van der Waals surface area (Å²) in [6.45, 7) is 4.75. The van der Waals surface area contributed by atoms with Gasteiger partial charge in [-0.2, -0.15) is 5.10 Å². The Morgan fingerprint density at radius 2 is 2.08 bits per heavy atom. The summed E-state index contributed by atoms with van der Waals surface area (Å²) in [4.78, 5) is 17.4. The van der Waals surface area contributed by atoms with Crippen LogP contribution in [0.1, 0.15) is 12.6 Å². The predicted octanol–water partition coefficient (Wildman–Crippen LogP) is 0.925. The Balaban J connectivity index is 1.53. The summed E-state index contributed by atoms with van der Waals surface area (Å²) in [6.07, 6.45) is 5.08. The van der Waals surface area contributed by atoms with Gasteiger partial charge in [0, 0.05) is 32.9 Å². The quantitative estimate of drug-likeness (QED) is 0.330. The molecule has 0 fully saturated rings. The van der Waals surface area contributed by atoms with Crippen LogP contribution in [0.2, 0.25) is 0 Å². The molecule has 3 rings (SSSR count). The van der Waals surface area contributed by atoms with Crippen LogP contribution in [0.5, 0.6) is 0 Å². The zero-order chi connectivity index (χ0) is 18.2. The van der Waals surface area contributed by atoms with Gasteiger partial charge >= 0.3 is 0 Å². The Kier molecular flexibility index (Phi) is 5.92. The molecule has 0 unspecified atom stereocenters. The number of aromatic nitrogens is 5. The number of fused-ring (bicyclic) bond motifs is 1. The van der Waals surface area contributed by atoms with Gasteiger partial charge in [-0.1, -0.05) is 6.07 Å². The number of rotatable bonds is 7. The summed E-state index contributed by atoms with van der Waals surface area (Å²) in [6, 6.07) is 5.82. The first-order chi connectivity index (χ1) is 12.8. The number of guanidine groups is 1. The van der Waals surface area contributed by atoms with Gasteiger partial charge in [0.15, 0.2) is 11.6 Å². The van der Waals surface area contributed by atoms with Crippen molar-refractivity contribution in [2.24, 2.45) is 12.0 Å². The Labute approximate surface area is 152 Å². The van der Waals surface area contributed by atoms with Gasteiger partial charge < -0.3 is 16.0 Å². The Morgan fingerprint density at radius 3 is 2.88 bits per heavy atom. The molecule has 0 amide bonds. The summed E-state index contributed by atoms with van der Waals surface area (Å²) in [5, 5.41) is 15.0. The average Bonchev–Trinajstić information content (AvgIpc) is 3.06. The van der Waals surface area contributed by atoms with Crippen molar-refractivity contribution < 1.29 is 0 Å². The SMILES string of the molecule is CCNC(=NCc1ccccn1)NCCNc1ncnc2c1cnn2C. The van der Waals surface area contributed by atoms with E-state index in [4.69, 9.17) is 0 Å². The van der Waals surface area contributed by atoms with E-state index < -0.39 is 0 Å². The Morgan fingerprint density at radius 1 is 1.15 bits per heavy atom. The number of hydrogen-bond acceptors (Lipinski definition) is 6. The third kappa shape index (κ3) is 4.44. The van der Waals surface area contributed by atoms with Gasteiger partial charge in [-0.25, -0.2) is 15.0 Å². The molecule has 0 spiro atoms. The average molecular weight is 353 g/mol. The van der Waals surface area contributed by atoms with Gasteiger partial charge in [0.25, 0.3) is 0 Å². The fourth-order valence-corrected chi connectivity index (χ4v) is 2.46. The van der Waals surface area contributed by atoms with Crippen LogP contribution >= 0.6 is 0 Å². The van der Waals surface area contributed by atoms with E-state index in [0.717, 1.165) is 35.0 Å². The van der Waals surface area contributed by atoms with Crippen LogP contribution in [-0.4, -0.2) is 50.3 Å². The fourth-order valence-electron chi connectivity index (χ4n) is 2.46. The number of aryl methyl sites for hydroxylation is 1. The molecule has 3 aromatic heterocycles. The number of anilines is 1. The fraction of sp³-hybridized carbons (Fsp3) is 0.353. The lowest BCUT2D eigenvalue weighted by atomic mass is 10.3. The highest BCUT2D eigenvalue weighted by molar-refractivity contribution is 5.86. The van der Waals surface area contributed by atoms with E-state index >= 15 is 0 Å². The minimum atomic E-state index is 0.534. The molecule has 0 atom stereocenters. The Bertz CT molecular complexity index is 857. The first-order valence-electron chi connectivity index (χ1n) is 8.56. The third-order valence-corrected chi connectivity index (χ3v) is 3.71. The molecular weight excluding hydrogens is 330 g/mol. The maximum absolute atomic E-state index is 4.55. The van der Waals surface area contributed by atoms with Gasteiger partial charge in [-0.15, -0.1) is 0 Å². The Hall–Kier alpha value is -3.23. The molecule has 0 saturated carbocycles. The van der Waals surface area contributed by atoms with E-state index in [2.05, 4.69) is 41.0 Å². The molecule has 3 heterocycles. The lowest BCUT2D eigenvalue weighted by Gasteiger charge is -2.12. The maximum atomic E-state index is 4.55. The molecule has 0 saturated heterocycles. The van der Waals surface area contributed by atoms with Gasteiger partial charge in [-0.3, -0.25) is 9.67 Å². The van der Waals surface area contributed by atoms with Crippen molar-refractivity contribution in [2.75, 3.05) is 25.0 Å². The number of nitrogens with one attached hydrogen (secondary N) is 3. The highest BCUT2D eigenvalue weighted by Crippen LogP contribution is 2.16. The number of nitrogens with zero attached hydrogens (tertiary/aromatic N) is 6. The second-order valence-corrected chi connectivity index (χ2v) is 5.60. The highest BCUT2D eigenvalue weighted by atomic mass is 15.3. The van der Waals surface area contributed by atoms with Crippen molar-refractivity contribution in [1.29, 1.82) is 0 Å². The normalized spacial score (nSPS) is 11.5. The second-order valence-electron chi connectivity index (χ2n) is 5.60. The first kappa shape index (κ1) is 17.6. The van der Waals surface area contributed by atoms with Crippen LogP contribution in [0.4, 0.5) is 5.82 Å². The molecule has 0 aliphatic heterocycles. The zero-order valence-electron chi connectivity index (χ0n) is 15.0. The largest absolute Gasteiger partial charge is 0.368 e. The summed E-state index contributed by atoms with van der Waals surface area (Å²) in [5.41, 5.74) is 1.74. The van der Waals surface area contributed by atoms with Crippen LogP contribution in [0, 0.1) is 0 Å². The smallest absolute Gasteiger partial charge is 0.191 e. The predicted molar refractivity (Wildman–Crippen MR) is 102 cm³/mol. The van der Waals surface area contributed by atoms with E-state index in [1.807, 2.05) is 32.2 Å². The van der Waals surface area contributed by atoms with E-state index in [1.54, 1.807) is 17.1 Å². The number of hydrogen-bond donors (Lipinski definition) is 3. The third-order valence-electron chi connectivity index (χ3n) is 3.71. The van der Waals surface area contributed by atoms with Crippen molar-refractivity contribution in [2.45, 2.75) is 13.5 Å². The number of aliphatic imine (C=N–C) groups is 1. The van der Waals surface area contributed by atoms with Gasteiger partial charge in [0.05, 0.1) is 23.8 Å². The molecule has 3 N–H and O–H groups in total. The molecule has 0 bridgehead atoms. The van der Waals surface area contributed by atoms with E-state index in [1.165, 1.54) is 6.33 Å². The molecule has 3 aromatic rings. The summed E-state index contributed by atoms with van der Waals surface area (Å²) in [7, 11) is 1.86. The van der Waals surface area contributed by atoms with Crippen molar-refractivity contribution in [3.8, 4) is 0 Å². The lowest BCUT2D eigenvalue weighted by Crippen LogP contribution is -2.39. The molecule has 0 aromatic carbocycles. The van der Waals surface area contributed by atoms with Crippen LogP contribution in [0.15, 0.2) is 41.9 Å². The van der Waals surface area contributed by atoms with Crippen LogP contribution < -0.4 is 16.0 Å². The van der Waals surface area contributed by atoms with Crippen molar-refractivity contribution in [1.82, 2.24) is 35.4 Å². The summed E-state index contributed by atoms with van der Waals surface area (Å²) < 4.78 is 1.73. The monoisotopic (exact) mass is 353 g/mol. The highest BCUT2D eigenvalue weighted by Gasteiger charge is 2.07. The van der Waals surface area contributed by atoms with Gasteiger partial charge in [-0.05, 0) is 19.1 Å². The molecule has 9 heteroatoms. The topological polar surface area (TPSA) is 105 Å². The summed E-state index contributed by atoms with van der Waals surface area (Å²) in [5.74, 6) is 1.54. The van der Waals surface area contributed by atoms with Crippen molar-refractivity contribution in [3.63, 3.8) is 0 Å². The second kappa shape index (κ2) is 8.75. The molecule has 0 radical (unpaired) electrons. The van der Waals surface area contributed by atoms with Crippen LogP contribution in [-0.2, 0) is 13.6 Å². The molecule has 136 valence electrons. The van der Waals surface area contributed by atoms with Crippen LogP contribution in [0.3, 0.4) is 0 Å². The number of pyridine rings is 1. The van der Waals surface area contributed by atoms with Gasteiger partial charge in [0.1, 0.15) is 12.1 Å². The summed E-state index contributed by atoms with van der Waals surface area (Å²) >= 11 is 0. The zero-order valence-corrected chi connectivity index (χ0v) is 15.0. The first-order valence-corrected chi connectivity index (χ1v) is 8.56. The molecule has 0 aliphatic carbocycles. The lowest BCUT2D eigenvalue weighted by molar-refractivity contribution is 0.785. The van der Waals surface area contributed by atoms with E-state index in [9.17, 15) is 0 Å². The standard InChI is InChI=1S/C17H23N9/c1-3-18-17(22-10-13-6-4-5-7-19-13)21-9-8-20-15-14-11-25-26(2)16(14)24-12-23-15/h4-7,11-12H,3,8-10H2,1-2H3,(H2,18,21,22)(H,20,23,24). The van der Waals surface area contributed by atoms with E-state index in [0.29, 0.717) is 19.6 Å². The molecule has 26 heavy (non-hydrogen) atoms. The maximum Gasteiger partial charge on any atom is 0.191 e. The van der Waals surface area contributed by atoms with Crippen LogP contribution in [0.25, 0.3) is 11.0 Å². The van der Waals surface area contributed by atoms with Crippen molar-refractivity contribution in [3.05, 3.63) is 42.6 Å². The van der Waals surface area contributed by atoms with E-state index in [-0.39, 0.29) is 0 Å². The molecular formula is C17H23N9. The minimum Gasteiger partial charge on any atom is -0.368 e. The minimum absolute atomic E-state index is 0.534. The van der Waals surface area contributed by atoms with Crippen molar-refractivity contribution >= 4 is 22.8 Å². The van der Waals surface area contributed by atoms with Gasteiger partial charge in [0.2, 0.25) is 0 Å².